The van der Waals surface area contributed by atoms with E-state index in [9.17, 15) is 9.90 Å². The molecule has 0 radical (unpaired) electrons. The van der Waals surface area contributed by atoms with Gasteiger partial charge in [0.1, 0.15) is 30.5 Å². The summed E-state index contributed by atoms with van der Waals surface area (Å²) in [5, 5.41) is 9.87. The molecule has 0 atom stereocenters. The van der Waals surface area contributed by atoms with Crippen LogP contribution in [0.3, 0.4) is 0 Å². The lowest BCUT2D eigenvalue weighted by atomic mass is 10.0. The number of ether oxygens (including phenoxy) is 3. The van der Waals surface area contributed by atoms with E-state index in [0.29, 0.717) is 36.9 Å². The van der Waals surface area contributed by atoms with Gasteiger partial charge in [0.2, 0.25) is 0 Å². The molecular formula is C28H31Cl2NO5. The SMILES string of the molecule is Cl.O=C(O)C1=CCCN(CC2=Cc3ccc(OCc4ccc(OC5CCCC5)c(Cl)c4)cc3OC2)C1. The highest BCUT2D eigenvalue weighted by Gasteiger charge is 2.21. The van der Waals surface area contributed by atoms with E-state index in [1.807, 2.05) is 42.5 Å². The van der Waals surface area contributed by atoms with E-state index in [1.165, 1.54) is 12.8 Å². The molecular weight excluding hydrogens is 501 g/mol. The molecule has 1 N–H and O–H groups in total. The lowest BCUT2D eigenvalue weighted by Gasteiger charge is -2.28. The van der Waals surface area contributed by atoms with Crippen LogP contribution in [0.2, 0.25) is 5.02 Å². The Morgan fingerprint density at radius 3 is 2.78 bits per heavy atom. The van der Waals surface area contributed by atoms with Crippen LogP contribution in [0.15, 0.2) is 53.6 Å². The first kappa shape index (κ1) is 26.4. The zero-order chi connectivity index (χ0) is 24.2. The summed E-state index contributed by atoms with van der Waals surface area (Å²) in [5.74, 6) is 1.42. The first-order chi connectivity index (χ1) is 17.0. The van der Waals surface area contributed by atoms with Crippen molar-refractivity contribution in [3.05, 3.63) is 69.8 Å². The smallest absolute Gasteiger partial charge is 0.332 e. The number of fused-ring (bicyclic) bond motifs is 1. The fourth-order valence-electron chi connectivity index (χ4n) is 4.84. The highest BCUT2D eigenvalue weighted by Crippen LogP contribution is 2.33. The molecule has 0 bridgehead atoms. The molecule has 0 saturated heterocycles. The molecule has 2 aromatic carbocycles. The van der Waals surface area contributed by atoms with Crippen LogP contribution >= 0.6 is 24.0 Å². The minimum absolute atomic E-state index is 0. The maximum Gasteiger partial charge on any atom is 0.332 e. The second-order valence-electron chi connectivity index (χ2n) is 9.40. The molecule has 5 rings (SSSR count). The minimum atomic E-state index is -0.836. The van der Waals surface area contributed by atoms with E-state index >= 15 is 0 Å². The topological polar surface area (TPSA) is 68.2 Å². The monoisotopic (exact) mass is 531 g/mol. The van der Waals surface area contributed by atoms with Crippen molar-refractivity contribution in [2.24, 2.45) is 0 Å². The Balaban J connectivity index is 0.00000304. The second-order valence-corrected chi connectivity index (χ2v) is 9.81. The fraction of sp³-hybridized carbons (Fsp3) is 0.393. The van der Waals surface area contributed by atoms with E-state index in [4.69, 9.17) is 25.8 Å². The summed E-state index contributed by atoms with van der Waals surface area (Å²) in [4.78, 5) is 13.4. The molecule has 0 spiro atoms. The van der Waals surface area contributed by atoms with Crippen molar-refractivity contribution in [1.29, 1.82) is 0 Å². The number of halogens is 2. The predicted molar refractivity (Wildman–Crippen MR) is 143 cm³/mol. The van der Waals surface area contributed by atoms with Gasteiger partial charge < -0.3 is 19.3 Å². The third-order valence-electron chi connectivity index (χ3n) is 6.69. The number of carboxylic acids is 1. The van der Waals surface area contributed by atoms with Crippen LogP contribution in [-0.4, -0.2) is 48.3 Å². The zero-order valence-corrected chi connectivity index (χ0v) is 21.7. The van der Waals surface area contributed by atoms with Crippen molar-refractivity contribution in [3.63, 3.8) is 0 Å². The van der Waals surface area contributed by atoms with Crippen molar-refractivity contribution in [1.82, 2.24) is 4.90 Å². The largest absolute Gasteiger partial charge is 0.489 e. The molecule has 0 amide bonds. The van der Waals surface area contributed by atoms with Gasteiger partial charge in [0, 0.05) is 36.8 Å². The average molecular weight is 532 g/mol. The number of carbonyl (C=O) groups is 1. The Kier molecular flexibility index (Phi) is 8.83. The van der Waals surface area contributed by atoms with Gasteiger partial charge in [-0.1, -0.05) is 23.7 Å². The van der Waals surface area contributed by atoms with Crippen LogP contribution < -0.4 is 14.2 Å². The van der Waals surface area contributed by atoms with Crippen molar-refractivity contribution >= 4 is 36.1 Å². The van der Waals surface area contributed by atoms with Crippen LogP contribution in [0.5, 0.6) is 17.2 Å². The van der Waals surface area contributed by atoms with Crippen molar-refractivity contribution in [3.8, 4) is 17.2 Å². The summed E-state index contributed by atoms with van der Waals surface area (Å²) in [6, 6.07) is 11.7. The van der Waals surface area contributed by atoms with Gasteiger partial charge in [0.25, 0.3) is 0 Å². The number of nitrogens with zero attached hydrogens (tertiary/aromatic N) is 1. The number of hydrogen-bond acceptors (Lipinski definition) is 5. The first-order valence-electron chi connectivity index (χ1n) is 12.2. The van der Waals surface area contributed by atoms with Crippen molar-refractivity contribution < 1.29 is 24.1 Å². The molecule has 2 aromatic rings. The van der Waals surface area contributed by atoms with Gasteiger partial charge in [-0.2, -0.15) is 0 Å². The number of aliphatic carboxylic acids is 1. The Bertz CT molecular complexity index is 1160. The Morgan fingerprint density at radius 2 is 2.00 bits per heavy atom. The highest BCUT2D eigenvalue weighted by atomic mass is 35.5. The number of hydrogen-bond donors (Lipinski definition) is 1. The minimum Gasteiger partial charge on any atom is -0.489 e. The second kappa shape index (κ2) is 12.0. The van der Waals surface area contributed by atoms with Crippen LogP contribution in [0, 0.1) is 0 Å². The highest BCUT2D eigenvalue weighted by molar-refractivity contribution is 6.32. The standard InChI is InChI=1S/C28H30ClNO5.ClH/c29-25-13-19(7-10-26(25)35-23-5-1-2-6-23)17-33-24-9-8-21-12-20(18-34-27(21)14-24)15-30-11-3-4-22(16-30)28(31)32;/h4,7-10,12-14,23H,1-3,5-6,11,15-18H2,(H,31,32);1H. The van der Waals surface area contributed by atoms with Gasteiger partial charge in [-0.05, 0) is 73.6 Å². The van der Waals surface area contributed by atoms with E-state index in [2.05, 4.69) is 11.0 Å². The van der Waals surface area contributed by atoms with Gasteiger partial charge in [-0.3, -0.25) is 4.90 Å². The lowest BCUT2D eigenvalue weighted by Crippen LogP contribution is -2.34. The number of rotatable bonds is 8. The van der Waals surface area contributed by atoms with Gasteiger partial charge >= 0.3 is 5.97 Å². The predicted octanol–water partition coefficient (Wildman–Crippen LogP) is 6.15. The maximum atomic E-state index is 11.3. The summed E-state index contributed by atoms with van der Waals surface area (Å²) in [7, 11) is 0. The zero-order valence-electron chi connectivity index (χ0n) is 20.1. The molecule has 1 saturated carbocycles. The van der Waals surface area contributed by atoms with Crippen LogP contribution in [0.25, 0.3) is 6.08 Å². The molecule has 1 aliphatic carbocycles. The van der Waals surface area contributed by atoms with E-state index in [1.54, 1.807) is 0 Å². The van der Waals surface area contributed by atoms with Gasteiger partial charge in [0.05, 0.1) is 11.1 Å². The van der Waals surface area contributed by atoms with Gasteiger partial charge in [-0.25, -0.2) is 4.79 Å². The molecule has 1 fully saturated rings. The number of benzene rings is 2. The summed E-state index contributed by atoms with van der Waals surface area (Å²) >= 11 is 6.45. The van der Waals surface area contributed by atoms with Crippen LogP contribution in [-0.2, 0) is 11.4 Å². The van der Waals surface area contributed by atoms with Crippen LogP contribution in [0.1, 0.15) is 43.2 Å². The summed E-state index contributed by atoms with van der Waals surface area (Å²) < 4.78 is 18.0. The lowest BCUT2D eigenvalue weighted by molar-refractivity contribution is -0.133. The van der Waals surface area contributed by atoms with E-state index in [0.717, 1.165) is 59.8 Å². The Morgan fingerprint density at radius 1 is 1.17 bits per heavy atom. The quantitative estimate of drug-likeness (QED) is 0.440. The molecule has 8 heteroatoms. The fourth-order valence-corrected chi connectivity index (χ4v) is 5.08. The average Bonchev–Trinajstić information content (AvgIpc) is 3.37. The molecule has 0 aromatic heterocycles. The summed E-state index contributed by atoms with van der Waals surface area (Å²) in [6.45, 7) is 2.90. The van der Waals surface area contributed by atoms with Crippen molar-refractivity contribution in [2.45, 2.75) is 44.8 Å². The summed E-state index contributed by atoms with van der Waals surface area (Å²) in [6.07, 6.45) is 9.61. The first-order valence-corrected chi connectivity index (χ1v) is 12.6. The van der Waals surface area contributed by atoms with Gasteiger partial charge in [-0.15, -0.1) is 12.4 Å². The molecule has 3 aliphatic rings. The Hall–Kier alpha value is -2.67. The third-order valence-corrected chi connectivity index (χ3v) is 6.98. The molecule has 192 valence electrons. The maximum absolute atomic E-state index is 11.3. The molecule has 6 nitrogen and oxygen atoms in total. The van der Waals surface area contributed by atoms with Crippen LogP contribution in [0.4, 0.5) is 0 Å². The molecule has 2 aliphatic heterocycles. The molecule has 0 unspecified atom stereocenters. The number of carboxylic acid groups (broad SMARTS) is 1. The molecule has 2 heterocycles. The third kappa shape index (κ3) is 6.55. The normalized spacial score (nSPS) is 17.8. The van der Waals surface area contributed by atoms with Crippen molar-refractivity contribution in [2.75, 3.05) is 26.2 Å². The Labute approximate surface area is 222 Å². The molecule has 36 heavy (non-hydrogen) atoms. The summed E-state index contributed by atoms with van der Waals surface area (Å²) in [5.41, 5.74) is 3.58. The van der Waals surface area contributed by atoms with E-state index < -0.39 is 5.97 Å². The van der Waals surface area contributed by atoms with Gasteiger partial charge in [0.15, 0.2) is 0 Å². The van der Waals surface area contributed by atoms with E-state index in [-0.39, 0.29) is 18.5 Å².